The van der Waals surface area contributed by atoms with Crippen molar-refractivity contribution in [2.75, 3.05) is 7.05 Å². The molecule has 5 N–H and O–H groups in total. The fraction of sp³-hybridized carbons (Fsp3) is 0.200. The Bertz CT molecular complexity index is 176. The van der Waals surface area contributed by atoms with E-state index in [0.29, 0.717) is 5.82 Å². The summed E-state index contributed by atoms with van der Waals surface area (Å²) >= 11 is 0. The van der Waals surface area contributed by atoms with Crippen LogP contribution in [0.15, 0.2) is 24.0 Å². The zero-order chi connectivity index (χ0) is 7.72. The Kier molecular flexibility index (Phi) is 1.42. The molecule has 5 nitrogen and oxygen atoms in total. The average Bonchev–Trinajstić information content (AvgIpc) is 1.84. The van der Waals surface area contributed by atoms with Crippen molar-refractivity contribution >= 4 is 0 Å². The fourth-order valence-corrected chi connectivity index (χ4v) is 0.623. The molecule has 56 valence electrons. The van der Waals surface area contributed by atoms with Gasteiger partial charge in [0.15, 0.2) is 0 Å². The smallest absolute Gasteiger partial charge is 0.145 e. The predicted molar refractivity (Wildman–Crippen MR) is 35.9 cm³/mol. The molecule has 0 saturated heterocycles. The van der Waals surface area contributed by atoms with Crippen molar-refractivity contribution in [3.63, 3.8) is 0 Å². The second kappa shape index (κ2) is 2.11. The minimum absolute atomic E-state index is 0.247. The molecule has 0 spiro atoms. The van der Waals surface area contributed by atoms with Crippen molar-refractivity contribution < 1.29 is 5.21 Å². The number of hydroxylamine groups is 2. The van der Waals surface area contributed by atoms with Crippen molar-refractivity contribution in [3.05, 3.63) is 24.0 Å². The highest BCUT2D eigenvalue weighted by Gasteiger charge is 2.09. The van der Waals surface area contributed by atoms with E-state index in [2.05, 4.69) is 0 Å². The molecule has 0 aromatic heterocycles. The molecule has 0 amide bonds. The normalized spacial score (nSPS) is 18.6. The van der Waals surface area contributed by atoms with Gasteiger partial charge in [0.2, 0.25) is 0 Å². The molecule has 0 saturated carbocycles. The van der Waals surface area contributed by atoms with Gasteiger partial charge in [-0.3, -0.25) is 5.21 Å². The Morgan fingerprint density at radius 3 is 2.40 bits per heavy atom. The molecule has 1 rings (SSSR count). The van der Waals surface area contributed by atoms with Crippen LogP contribution in [0.5, 0.6) is 0 Å². The van der Waals surface area contributed by atoms with Crippen LogP contribution in [0.3, 0.4) is 0 Å². The highest BCUT2D eigenvalue weighted by molar-refractivity contribution is 5.10. The number of hydrogen-bond acceptors (Lipinski definition) is 5. The first-order valence-corrected chi connectivity index (χ1v) is 2.77. The van der Waals surface area contributed by atoms with Crippen LogP contribution in [0.2, 0.25) is 0 Å². The standard InChI is InChI=1S/C5H10N4O/c1-8-2-5(7)9(10)3-4(8)6/h2-3,10H,6-7H2,1H3. The third-order valence-corrected chi connectivity index (χ3v) is 1.25. The van der Waals surface area contributed by atoms with Crippen LogP contribution in [0.4, 0.5) is 0 Å². The zero-order valence-electron chi connectivity index (χ0n) is 5.65. The number of nitrogens with two attached hydrogens (primary N) is 2. The maximum atomic E-state index is 8.92. The van der Waals surface area contributed by atoms with Crippen molar-refractivity contribution in [1.82, 2.24) is 9.96 Å². The highest BCUT2D eigenvalue weighted by Crippen LogP contribution is 2.07. The summed E-state index contributed by atoms with van der Waals surface area (Å²) in [6.07, 6.45) is 2.85. The van der Waals surface area contributed by atoms with Gasteiger partial charge in [0.1, 0.15) is 11.6 Å². The Labute approximate surface area is 58.8 Å². The van der Waals surface area contributed by atoms with Gasteiger partial charge < -0.3 is 16.4 Å². The van der Waals surface area contributed by atoms with E-state index in [1.165, 1.54) is 12.4 Å². The van der Waals surface area contributed by atoms with Gasteiger partial charge in [0, 0.05) is 13.2 Å². The quantitative estimate of drug-likeness (QED) is 0.410. The number of hydrogen-bond donors (Lipinski definition) is 3. The van der Waals surface area contributed by atoms with E-state index in [-0.39, 0.29) is 5.82 Å². The van der Waals surface area contributed by atoms with Gasteiger partial charge in [-0.05, 0) is 0 Å². The summed E-state index contributed by atoms with van der Waals surface area (Å²) in [6, 6.07) is 0. The molecular weight excluding hydrogens is 132 g/mol. The molecule has 0 fully saturated rings. The molecule has 0 aromatic carbocycles. The van der Waals surface area contributed by atoms with Crippen LogP contribution in [0.1, 0.15) is 0 Å². The minimum Gasteiger partial charge on any atom is -0.384 e. The number of rotatable bonds is 0. The second-order valence-electron chi connectivity index (χ2n) is 2.06. The number of nitrogens with zero attached hydrogens (tertiary/aromatic N) is 2. The van der Waals surface area contributed by atoms with Gasteiger partial charge >= 0.3 is 0 Å². The van der Waals surface area contributed by atoms with Crippen LogP contribution in [-0.4, -0.2) is 22.2 Å². The summed E-state index contributed by atoms with van der Waals surface area (Å²) in [6.45, 7) is 0. The molecule has 10 heavy (non-hydrogen) atoms. The van der Waals surface area contributed by atoms with Gasteiger partial charge in [-0.15, -0.1) is 0 Å². The highest BCUT2D eigenvalue weighted by atomic mass is 16.5. The predicted octanol–water partition coefficient (Wildman–Crippen LogP) is -0.862. The van der Waals surface area contributed by atoms with E-state index in [9.17, 15) is 0 Å². The molecule has 1 aliphatic rings. The van der Waals surface area contributed by atoms with Crippen LogP contribution in [0, 0.1) is 0 Å². The third-order valence-electron chi connectivity index (χ3n) is 1.25. The van der Waals surface area contributed by atoms with E-state index in [1.54, 1.807) is 11.9 Å². The van der Waals surface area contributed by atoms with Crippen LogP contribution in [0.25, 0.3) is 0 Å². The first kappa shape index (κ1) is 6.76. The van der Waals surface area contributed by atoms with E-state index in [0.717, 1.165) is 5.06 Å². The molecule has 5 heteroatoms. The summed E-state index contributed by atoms with van der Waals surface area (Å²) in [7, 11) is 1.74. The molecule has 0 bridgehead atoms. The van der Waals surface area contributed by atoms with E-state index in [1.807, 2.05) is 0 Å². The van der Waals surface area contributed by atoms with E-state index in [4.69, 9.17) is 16.7 Å². The molecule has 0 radical (unpaired) electrons. The van der Waals surface area contributed by atoms with Crippen LogP contribution in [-0.2, 0) is 0 Å². The zero-order valence-corrected chi connectivity index (χ0v) is 5.65. The monoisotopic (exact) mass is 142 g/mol. The van der Waals surface area contributed by atoms with Gasteiger partial charge in [-0.2, -0.15) is 0 Å². The second-order valence-corrected chi connectivity index (χ2v) is 2.06. The largest absolute Gasteiger partial charge is 0.384 e. The van der Waals surface area contributed by atoms with Gasteiger partial charge in [0.05, 0.1) is 6.20 Å². The van der Waals surface area contributed by atoms with Gasteiger partial charge in [-0.25, -0.2) is 5.06 Å². The average molecular weight is 142 g/mol. The first-order chi connectivity index (χ1) is 4.61. The van der Waals surface area contributed by atoms with E-state index >= 15 is 0 Å². The Morgan fingerprint density at radius 1 is 1.30 bits per heavy atom. The summed E-state index contributed by atoms with van der Waals surface area (Å²) in [5.41, 5.74) is 10.7. The van der Waals surface area contributed by atoms with Crippen LogP contribution < -0.4 is 11.5 Å². The molecular formula is C5H10N4O. The summed E-state index contributed by atoms with van der Waals surface area (Å²) in [5.74, 6) is 0.688. The molecule has 0 aliphatic carbocycles. The lowest BCUT2D eigenvalue weighted by Gasteiger charge is -2.24. The summed E-state index contributed by atoms with van der Waals surface area (Å²) in [4.78, 5) is 1.61. The minimum atomic E-state index is 0.247. The maximum Gasteiger partial charge on any atom is 0.145 e. The van der Waals surface area contributed by atoms with Crippen molar-refractivity contribution in [3.8, 4) is 0 Å². The first-order valence-electron chi connectivity index (χ1n) is 2.77. The Balaban J connectivity index is 2.81. The lowest BCUT2D eigenvalue weighted by Crippen LogP contribution is -2.31. The molecule has 0 aromatic rings. The Hall–Kier alpha value is -1.36. The van der Waals surface area contributed by atoms with Crippen molar-refractivity contribution in [2.24, 2.45) is 11.5 Å². The third kappa shape index (κ3) is 0.985. The van der Waals surface area contributed by atoms with Gasteiger partial charge in [0.25, 0.3) is 0 Å². The van der Waals surface area contributed by atoms with Crippen LogP contribution >= 0.6 is 0 Å². The van der Waals surface area contributed by atoms with Gasteiger partial charge in [-0.1, -0.05) is 0 Å². The Morgan fingerprint density at radius 2 is 1.90 bits per heavy atom. The maximum absolute atomic E-state index is 8.92. The molecule has 1 aliphatic heterocycles. The topological polar surface area (TPSA) is 78.8 Å². The lowest BCUT2D eigenvalue weighted by atomic mass is 10.5. The summed E-state index contributed by atoms with van der Waals surface area (Å²) in [5, 5.41) is 9.70. The van der Waals surface area contributed by atoms with Crippen molar-refractivity contribution in [1.29, 1.82) is 0 Å². The lowest BCUT2D eigenvalue weighted by molar-refractivity contribution is -0.0130. The van der Waals surface area contributed by atoms with Crippen molar-refractivity contribution in [2.45, 2.75) is 0 Å². The molecule has 0 atom stereocenters. The van der Waals surface area contributed by atoms with E-state index < -0.39 is 0 Å². The molecule has 1 heterocycles. The molecule has 0 unspecified atom stereocenters. The summed E-state index contributed by atoms with van der Waals surface area (Å²) < 4.78 is 0. The SMILES string of the molecule is CN1C=C(N)N(O)C=C1N. The fourth-order valence-electron chi connectivity index (χ4n) is 0.623.